The van der Waals surface area contributed by atoms with Gasteiger partial charge in [-0.15, -0.1) is 0 Å². The zero-order valence-corrected chi connectivity index (χ0v) is 12.3. The van der Waals surface area contributed by atoms with Crippen molar-refractivity contribution >= 4 is 23.6 Å². The van der Waals surface area contributed by atoms with Gasteiger partial charge in [0.25, 0.3) is 0 Å². The topological polar surface area (TPSA) is 92.4 Å². The molecular weight excluding hydrogens is 264 g/mol. The summed E-state index contributed by atoms with van der Waals surface area (Å²) in [4.78, 5) is 22.1. The van der Waals surface area contributed by atoms with E-state index < -0.39 is 5.60 Å². The second-order valence-electron chi connectivity index (χ2n) is 5.47. The van der Waals surface area contributed by atoms with Gasteiger partial charge in [0.15, 0.2) is 0 Å². The van der Waals surface area contributed by atoms with Crippen molar-refractivity contribution in [3.63, 3.8) is 0 Å². The van der Waals surface area contributed by atoms with Gasteiger partial charge in [-0.2, -0.15) is 11.8 Å². The quantitative estimate of drug-likeness (QED) is 0.600. The van der Waals surface area contributed by atoms with Crippen LogP contribution in [-0.2, 0) is 9.59 Å². The van der Waals surface area contributed by atoms with Crippen molar-refractivity contribution in [3.8, 4) is 0 Å². The molecular formula is C13H24N2O3S. The van der Waals surface area contributed by atoms with E-state index in [1.807, 2.05) is 0 Å². The lowest BCUT2D eigenvalue weighted by atomic mass is 9.79. The van der Waals surface area contributed by atoms with Crippen molar-refractivity contribution in [2.45, 2.75) is 44.6 Å². The molecule has 2 unspecified atom stereocenters. The Morgan fingerprint density at radius 3 is 2.89 bits per heavy atom. The summed E-state index contributed by atoms with van der Waals surface area (Å²) in [5, 5.41) is 13.1. The van der Waals surface area contributed by atoms with E-state index in [1.165, 1.54) is 11.8 Å². The highest BCUT2D eigenvalue weighted by Gasteiger charge is 2.32. The van der Waals surface area contributed by atoms with Crippen LogP contribution in [0.2, 0.25) is 0 Å². The third kappa shape index (κ3) is 6.82. The molecule has 0 aliphatic heterocycles. The normalized spacial score (nSPS) is 26.9. The Labute approximate surface area is 118 Å². The van der Waals surface area contributed by atoms with Crippen molar-refractivity contribution < 1.29 is 14.7 Å². The second kappa shape index (κ2) is 7.75. The predicted molar refractivity (Wildman–Crippen MR) is 76.7 cm³/mol. The lowest BCUT2D eigenvalue weighted by molar-refractivity contribution is -0.122. The minimum atomic E-state index is -0.742. The number of aliphatic hydroxyl groups is 1. The Morgan fingerprint density at radius 2 is 2.26 bits per heavy atom. The number of hydrogen-bond donors (Lipinski definition) is 3. The SMILES string of the molecule is CC1CCCC(O)(CNC(=O)CCSCC(N)=O)C1. The number of thioether (sulfide) groups is 1. The highest BCUT2D eigenvalue weighted by atomic mass is 32.2. The van der Waals surface area contributed by atoms with Gasteiger partial charge in [0, 0.05) is 18.7 Å². The minimum Gasteiger partial charge on any atom is -0.388 e. The molecule has 0 aromatic heterocycles. The maximum absolute atomic E-state index is 11.6. The molecule has 0 aromatic rings. The lowest BCUT2D eigenvalue weighted by Crippen LogP contribution is -2.45. The molecule has 6 heteroatoms. The van der Waals surface area contributed by atoms with Gasteiger partial charge >= 0.3 is 0 Å². The van der Waals surface area contributed by atoms with Gasteiger partial charge in [0.1, 0.15) is 0 Å². The molecule has 0 heterocycles. The number of hydrogen-bond acceptors (Lipinski definition) is 4. The zero-order chi connectivity index (χ0) is 14.3. The summed E-state index contributed by atoms with van der Waals surface area (Å²) >= 11 is 1.35. The molecule has 2 amide bonds. The first kappa shape index (κ1) is 16.3. The molecule has 4 N–H and O–H groups in total. The zero-order valence-electron chi connectivity index (χ0n) is 11.5. The first-order chi connectivity index (χ1) is 8.91. The van der Waals surface area contributed by atoms with Crippen LogP contribution in [0.3, 0.4) is 0 Å². The number of rotatable bonds is 7. The Kier molecular flexibility index (Phi) is 6.65. The van der Waals surface area contributed by atoms with Crippen LogP contribution in [0.1, 0.15) is 39.0 Å². The van der Waals surface area contributed by atoms with Crippen LogP contribution >= 0.6 is 11.8 Å². The molecule has 1 saturated carbocycles. The lowest BCUT2D eigenvalue weighted by Gasteiger charge is -2.35. The molecule has 5 nitrogen and oxygen atoms in total. The summed E-state index contributed by atoms with van der Waals surface area (Å²) in [6, 6.07) is 0. The van der Waals surface area contributed by atoms with Crippen LogP contribution in [0.15, 0.2) is 0 Å². The summed E-state index contributed by atoms with van der Waals surface area (Å²) in [5.74, 6) is 0.888. The van der Waals surface area contributed by atoms with Gasteiger partial charge in [-0.3, -0.25) is 9.59 Å². The molecule has 1 rings (SSSR count). The van der Waals surface area contributed by atoms with Crippen LogP contribution in [0.5, 0.6) is 0 Å². The van der Waals surface area contributed by atoms with Crippen LogP contribution in [0.4, 0.5) is 0 Å². The summed E-state index contributed by atoms with van der Waals surface area (Å²) in [5.41, 5.74) is 4.26. The molecule has 1 aliphatic rings. The van der Waals surface area contributed by atoms with Crippen molar-refractivity contribution in [1.82, 2.24) is 5.32 Å². The van der Waals surface area contributed by atoms with Gasteiger partial charge < -0.3 is 16.2 Å². The fourth-order valence-electron chi connectivity index (χ4n) is 2.48. The van der Waals surface area contributed by atoms with E-state index in [0.717, 1.165) is 25.7 Å². The maximum atomic E-state index is 11.6. The largest absolute Gasteiger partial charge is 0.388 e. The van der Waals surface area contributed by atoms with E-state index in [4.69, 9.17) is 5.73 Å². The number of carbonyl (C=O) groups is 2. The van der Waals surface area contributed by atoms with Gasteiger partial charge in [-0.25, -0.2) is 0 Å². The van der Waals surface area contributed by atoms with Crippen molar-refractivity contribution in [2.24, 2.45) is 11.7 Å². The van der Waals surface area contributed by atoms with Crippen molar-refractivity contribution in [1.29, 1.82) is 0 Å². The molecule has 0 aromatic carbocycles. The number of nitrogens with one attached hydrogen (secondary N) is 1. The molecule has 2 atom stereocenters. The summed E-state index contributed by atoms with van der Waals surface area (Å²) in [6.45, 7) is 2.46. The summed E-state index contributed by atoms with van der Waals surface area (Å²) in [7, 11) is 0. The average Bonchev–Trinajstić information content (AvgIpc) is 2.32. The third-order valence-electron chi connectivity index (χ3n) is 3.40. The first-order valence-corrected chi connectivity index (χ1v) is 7.92. The monoisotopic (exact) mass is 288 g/mol. The first-order valence-electron chi connectivity index (χ1n) is 6.76. The van der Waals surface area contributed by atoms with Crippen molar-refractivity contribution in [2.75, 3.05) is 18.1 Å². The molecule has 0 spiro atoms. The van der Waals surface area contributed by atoms with Gasteiger partial charge in [-0.05, 0) is 18.8 Å². The van der Waals surface area contributed by atoms with Gasteiger partial charge in [0.05, 0.1) is 11.4 Å². The van der Waals surface area contributed by atoms with E-state index >= 15 is 0 Å². The molecule has 0 bridgehead atoms. The Balaban J connectivity index is 2.16. The van der Waals surface area contributed by atoms with Crippen LogP contribution in [0.25, 0.3) is 0 Å². The molecule has 0 saturated heterocycles. The Bertz CT molecular complexity index is 325. The summed E-state index contributed by atoms with van der Waals surface area (Å²) < 4.78 is 0. The van der Waals surface area contributed by atoms with E-state index in [0.29, 0.717) is 24.6 Å². The van der Waals surface area contributed by atoms with E-state index in [-0.39, 0.29) is 17.6 Å². The smallest absolute Gasteiger partial charge is 0.227 e. The number of primary amides is 1. The Morgan fingerprint density at radius 1 is 1.53 bits per heavy atom. The van der Waals surface area contributed by atoms with Crippen LogP contribution in [0, 0.1) is 5.92 Å². The summed E-state index contributed by atoms with van der Waals surface area (Å²) in [6.07, 6.45) is 4.03. The van der Waals surface area contributed by atoms with E-state index in [2.05, 4.69) is 12.2 Å². The van der Waals surface area contributed by atoms with E-state index in [1.54, 1.807) is 0 Å². The molecule has 1 fully saturated rings. The van der Waals surface area contributed by atoms with Crippen LogP contribution in [-0.4, -0.2) is 40.6 Å². The fraction of sp³-hybridized carbons (Fsp3) is 0.846. The number of nitrogens with two attached hydrogens (primary N) is 1. The van der Waals surface area contributed by atoms with Gasteiger partial charge in [0.2, 0.25) is 11.8 Å². The predicted octanol–water partition coefficient (Wildman–Crippen LogP) is 0.652. The van der Waals surface area contributed by atoms with Crippen molar-refractivity contribution in [3.05, 3.63) is 0 Å². The van der Waals surface area contributed by atoms with Crippen LogP contribution < -0.4 is 11.1 Å². The number of carbonyl (C=O) groups excluding carboxylic acids is 2. The second-order valence-corrected chi connectivity index (χ2v) is 6.58. The molecule has 0 radical (unpaired) electrons. The molecule has 110 valence electrons. The third-order valence-corrected chi connectivity index (χ3v) is 4.38. The number of amides is 2. The minimum absolute atomic E-state index is 0.0800. The highest BCUT2D eigenvalue weighted by Crippen LogP contribution is 2.31. The highest BCUT2D eigenvalue weighted by molar-refractivity contribution is 7.99. The molecule has 1 aliphatic carbocycles. The fourth-order valence-corrected chi connectivity index (χ4v) is 3.16. The average molecular weight is 288 g/mol. The van der Waals surface area contributed by atoms with E-state index in [9.17, 15) is 14.7 Å². The van der Waals surface area contributed by atoms with Gasteiger partial charge in [-0.1, -0.05) is 19.8 Å². The maximum Gasteiger partial charge on any atom is 0.227 e. The molecule has 19 heavy (non-hydrogen) atoms. The standard InChI is InChI=1S/C13H24N2O3S/c1-10-3-2-5-13(18,7-10)9-15-12(17)4-6-19-8-11(14)16/h10,18H,2-9H2,1H3,(H2,14,16)(H,15,17). The Hall–Kier alpha value is -0.750.